The van der Waals surface area contributed by atoms with E-state index >= 15 is 8.78 Å². The van der Waals surface area contributed by atoms with Gasteiger partial charge in [0.15, 0.2) is 5.75 Å². The summed E-state index contributed by atoms with van der Waals surface area (Å²) >= 11 is 0. The van der Waals surface area contributed by atoms with Crippen LogP contribution in [-0.4, -0.2) is 22.3 Å². The summed E-state index contributed by atoms with van der Waals surface area (Å²) < 4.78 is 78.0. The summed E-state index contributed by atoms with van der Waals surface area (Å²) in [5.74, 6) is -5.61. The van der Waals surface area contributed by atoms with Crippen molar-refractivity contribution in [2.45, 2.75) is 38.6 Å². The standard InChI is InChI=1S/C22H15F5N2O4/c23-14-3-9(17(25)12-6-28-5-11(12)14)16-15(24)4-10-18(20(16)33-22(26)27)29(8-1-2-8)7-13(19(10)30)21(31)32/h3-4,7-8,22,28H,1-2,5-6H2,(H,31,32). The van der Waals surface area contributed by atoms with Crippen molar-refractivity contribution in [3.8, 4) is 16.9 Å². The Morgan fingerprint density at radius 1 is 1.12 bits per heavy atom. The van der Waals surface area contributed by atoms with E-state index in [1.54, 1.807) is 0 Å². The van der Waals surface area contributed by atoms with E-state index in [0.29, 0.717) is 25.0 Å². The Morgan fingerprint density at radius 2 is 1.82 bits per heavy atom. The average Bonchev–Trinajstić information content (AvgIpc) is 3.46. The van der Waals surface area contributed by atoms with Gasteiger partial charge in [-0.2, -0.15) is 8.78 Å². The van der Waals surface area contributed by atoms with E-state index in [2.05, 4.69) is 10.1 Å². The van der Waals surface area contributed by atoms with E-state index in [4.69, 9.17) is 0 Å². The zero-order valence-corrected chi connectivity index (χ0v) is 16.7. The van der Waals surface area contributed by atoms with Crippen molar-refractivity contribution in [1.82, 2.24) is 9.88 Å². The number of carboxylic acid groups (broad SMARTS) is 1. The molecule has 3 aromatic rings. The van der Waals surface area contributed by atoms with Crippen molar-refractivity contribution in [3.05, 3.63) is 62.7 Å². The highest BCUT2D eigenvalue weighted by atomic mass is 19.3. The van der Waals surface area contributed by atoms with Crippen LogP contribution >= 0.6 is 0 Å². The van der Waals surface area contributed by atoms with Gasteiger partial charge in [0, 0.05) is 42.0 Å². The van der Waals surface area contributed by atoms with Crippen molar-refractivity contribution in [2.75, 3.05) is 0 Å². The molecule has 5 rings (SSSR count). The van der Waals surface area contributed by atoms with Crippen LogP contribution in [0, 0.1) is 17.5 Å². The van der Waals surface area contributed by atoms with Crippen LogP contribution in [0.2, 0.25) is 0 Å². The van der Waals surface area contributed by atoms with Crippen LogP contribution in [0.5, 0.6) is 5.75 Å². The van der Waals surface area contributed by atoms with Crippen LogP contribution < -0.4 is 15.5 Å². The number of benzene rings is 2. The zero-order chi connectivity index (χ0) is 23.6. The third kappa shape index (κ3) is 3.34. The van der Waals surface area contributed by atoms with Gasteiger partial charge in [0.05, 0.1) is 16.5 Å². The molecule has 0 bridgehead atoms. The number of aromatic nitrogens is 1. The van der Waals surface area contributed by atoms with Gasteiger partial charge in [0.1, 0.15) is 23.0 Å². The summed E-state index contributed by atoms with van der Waals surface area (Å²) in [5, 5.41) is 11.6. The lowest BCUT2D eigenvalue weighted by molar-refractivity contribution is -0.0487. The fraction of sp³-hybridized carbons (Fsp3) is 0.273. The van der Waals surface area contributed by atoms with Gasteiger partial charge in [-0.15, -0.1) is 0 Å². The van der Waals surface area contributed by atoms with E-state index in [1.807, 2.05) is 0 Å². The van der Waals surface area contributed by atoms with Gasteiger partial charge < -0.3 is 19.7 Å². The summed E-state index contributed by atoms with van der Waals surface area (Å²) in [4.78, 5) is 24.3. The lowest BCUT2D eigenvalue weighted by Gasteiger charge is -2.20. The van der Waals surface area contributed by atoms with E-state index in [1.165, 1.54) is 4.57 Å². The first-order valence-electron chi connectivity index (χ1n) is 9.99. The van der Waals surface area contributed by atoms with Gasteiger partial charge in [0.2, 0.25) is 5.43 Å². The summed E-state index contributed by atoms with van der Waals surface area (Å²) in [6, 6.07) is 1.00. The highest BCUT2D eigenvalue weighted by Gasteiger charge is 2.33. The number of fused-ring (bicyclic) bond motifs is 2. The maximum atomic E-state index is 15.3. The monoisotopic (exact) mass is 466 g/mol. The Morgan fingerprint density at radius 3 is 2.45 bits per heavy atom. The van der Waals surface area contributed by atoms with Crippen molar-refractivity contribution < 1.29 is 36.6 Å². The van der Waals surface area contributed by atoms with E-state index in [-0.39, 0.29) is 35.8 Å². The number of carboxylic acids is 1. The summed E-state index contributed by atoms with van der Waals surface area (Å²) in [6.45, 7) is -3.47. The molecule has 1 aliphatic carbocycles. The Labute approximate surface area is 182 Å². The minimum absolute atomic E-state index is 0.0408. The lowest BCUT2D eigenvalue weighted by atomic mass is 9.95. The number of carbonyl (C=O) groups is 1. The number of hydrogen-bond donors (Lipinski definition) is 2. The molecular weight excluding hydrogens is 451 g/mol. The van der Waals surface area contributed by atoms with Crippen LogP contribution in [0.25, 0.3) is 22.0 Å². The Hall–Kier alpha value is -3.47. The lowest BCUT2D eigenvalue weighted by Crippen LogP contribution is -2.20. The molecule has 11 heteroatoms. The normalized spacial score (nSPS) is 15.3. The fourth-order valence-electron chi connectivity index (χ4n) is 4.29. The van der Waals surface area contributed by atoms with E-state index in [9.17, 15) is 27.9 Å². The summed E-state index contributed by atoms with van der Waals surface area (Å²) in [5.41, 5.74) is -3.51. The van der Waals surface area contributed by atoms with Crippen LogP contribution in [0.1, 0.15) is 40.4 Å². The minimum Gasteiger partial charge on any atom is -0.477 e. The van der Waals surface area contributed by atoms with Crippen LogP contribution in [0.15, 0.2) is 23.1 Å². The number of halogens is 5. The van der Waals surface area contributed by atoms with E-state index in [0.717, 1.165) is 6.20 Å². The Kier molecular flexibility index (Phi) is 4.89. The second-order valence-corrected chi connectivity index (χ2v) is 7.93. The quantitative estimate of drug-likeness (QED) is 0.548. The molecule has 2 aromatic carbocycles. The predicted molar refractivity (Wildman–Crippen MR) is 106 cm³/mol. The van der Waals surface area contributed by atoms with Gasteiger partial charge in [-0.05, 0) is 25.0 Å². The fourth-order valence-corrected chi connectivity index (χ4v) is 4.29. The Balaban J connectivity index is 1.92. The number of pyridine rings is 1. The molecule has 1 saturated carbocycles. The first-order valence-corrected chi connectivity index (χ1v) is 9.99. The largest absolute Gasteiger partial charge is 0.477 e. The predicted octanol–water partition coefficient (Wildman–Crippen LogP) is 4.32. The topological polar surface area (TPSA) is 80.6 Å². The highest BCUT2D eigenvalue weighted by Crippen LogP contribution is 2.45. The highest BCUT2D eigenvalue weighted by molar-refractivity contribution is 5.98. The van der Waals surface area contributed by atoms with Crippen LogP contribution in [0.3, 0.4) is 0 Å². The molecule has 0 atom stereocenters. The van der Waals surface area contributed by atoms with Gasteiger partial charge >= 0.3 is 12.6 Å². The number of nitrogens with one attached hydrogen (secondary N) is 1. The van der Waals surface area contributed by atoms with Crippen molar-refractivity contribution >= 4 is 16.9 Å². The van der Waals surface area contributed by atoms with Gasteiger partial charge in [-0.25, -0.2) is 18.0 Å². The molecule has 2 aliphatic rings. The van der Waals surface area contributed by atoms with Crippen molar-refractivity contribution in [1.29, 1.82) is 0 Å². The van der Waals surface area contributed by atoms with Gasteiger partial charge in [-0.3, -0.25) is 4.79 Å². The molecule has 0 radical (unpaired) electrons. The molecule has 0 unspecified atom stereocenters. The van der Waals surface area contributed by atoms with E-state index < -0.39 is 63.3 Å². The second kappa shape index (κ2) is 7.55. The number of hydrogen-bond acceptors (Lipinski definition) is 4. The molecule has 33 heavy (non-hydrogen) atoms. The third-order valence-corrected chi connectivity index (χ3v) is 5.90. The molecule has 6 nitrogen and oxygen atoms in total. The summed E-state index contributed by atoms with van der Waals surface area (Å²) in [6.07, 6.45) is 2.07. The molecule has 0 amide bonds. The van der Waals surface area contributed by atoms with Gasteiger partial charge in [0.25, 0.3) is 0 Å². The number of alkyl halides is 2. The average molecular weight is 466 g/mol. The molecule has 0 saturated heterocycles. The number of nitrogens with zero attached hydrogens (tertiary/aromatic N) is 1. The molecule has 1 fully saturated rings. The first kappa shape index (κ1) is 21.4. The maximum Gasteiger partial charge on any atom is 0.387 e. The minimum atomic E-state index is -3.49. The molecule has 172 valence electrons. The Bertz CT molecular complexity index is 1400. The molecular formula is C22H15F5N2O4. The summed E-state index contributed by atoms with van der Waals surface area (Å²) in [7, 11) is 0. The second-order valence-electron chi connectivity index (χ2n) is 7.93. The van der Waals surface area contributed by atoms with Crippen molar-refractivity contribution in [2.24, 2.45) is 0 Å². The van der Waals surface area contributed by atoms with Crippen LogP contribution in [0.4, 0.5) is 22.0 Å². The molecule has 2 heterocycles. The number of ether oxygens (including phenoxy) is 1. The molecule has 0 spiro atoms. The van der Waals surface area contributed by atoms with Crippen molar-refractivity contribution in [3.63, 3.8) is 0 Å². The van der Waals surface area contributed by atoms with Gasteiger partial charge in [-0.1, -0.05) is 0 Å². The first-order chi connectivity index (χ1) is 15.7. The third-order valence-electron chi connectivity index (χ3n) is 5.90. The van der Waals surface area contributed by atoms with Crippen LogP contribution in [-0.2, 0) is 13.1 Å². The maximum absolute atomic E-state index is 15.3. The smallest absolute Gasteiger partial charge is 0.387 e. The SMILES string of the molecule is O=C(O)c1cn(C2CC2)c2c(OC(F)F)c(-c3cc(F)c4c(c3F)CNC4)c(F)cc2c1=O. The molecule has 1 aliphatic heterocycles. The number of aromatic carboxylic acids is 1. The molecule has 1 aromatic heterocycles. The molecule has 2 N–H and O–H groups in total. The zero-order valence-electron chi connectivity index (χ0n) is 16.7. The number of rotatable bonds is 5.